The van der Waals surface area contributed by atoms with E-state index in [1.807, 2.05) is 28.4 Å². The quantitative estimate of drug-likeness (QED) is 0.184. The lowest BCUT2D eigenvalue weighted by molar-refractivity contribution is -0.143. The van der Waals surface area contributed by atoms with E-state index in [1.54, 1.807) is 32.2 Å². The van der Waals surface area contributed by atoms with Crippen molar-refractivity contribution in [1.82, 2.24) is 4.90 Å². The van der Waals surface area contributed by atoms with E-state index in [-0.39, 0.29) is 18.6 Å². The molecule has 5 nitrogen and oxygen atoms in total. The summed E-state index contributed by atoms with van der Waals surface area (Å²) in [7, 11) is 0. The second-order valence-corrected chi connectivity index (χ2v) is 7.98. The van der Waals surface area contributed by atoms with Crippen molar-refractivity contribution in [2.75, 3.05) is 49.3 Å². The monoisotopic (exact) mass is 399 g/mol. The summed E-state index contributed by atoms with van der Waals surface area (Å²) >= 11 is 3.72. The van der Waals surface area contributed by atoms with E-state index in [0.717, 1.165) is 29.3 Å². The van der Waals surface area contributed by atoms with Gasteiger partial charge in [0.1, 0.15) is 12.8 Å². The maximum absolute atomic E-state index is 11.8. The number of ether oxygens (including phenoxy) is 2. The third-order valence-electron chi connectivity index (χ3n) is 3.43. The van der Waals surface area contributed by atoms with Crippen LogP contribution in [-0.2, 0) is 19.1 Å². The molecule has 0 amide bonds. The Bertz CT molecular complexity index is 508. The molecule has 7 heteroatoms. The Kier molecular flexibility index (Phi) is 12.3. The fourth-order valence-electron chi connectivity index (χ4n) is 2.13. The average molecular weight is 400 g/mol. The van der Waals surface area contributed by atoms with E-state index in [0.29, 0.717) is 25.3 Å². The van der Waals surface area contributed by atoms with Crippen molar-refractivity contribution in [1.29, 1.82) is 0 Å². The van der Waals surface area contributed by atoms with Gasteiger partial charge in [0.05, 0.1) is 19.3 Å². The van der Waals surface area contributed by atoms with Gasteiger partial charge in [-0.25, -0.2) is 0 Å². The third kappa shape index (κ3) is 10.7. The maximum atomic E-state index is 11.8. The van der Waals surface area contributed by atoms with Crippen molar-refractivity contribution in [3.05, 3.63) is 36.1 Å². The van der Waals surface area contributed by atoms with Crippen LogP contribution in [-0.4, -0.2) is 72.6 Å². The first-order valence-corrected chi connectivity index (χ1v) is 11.0. The zero-order valence-corrected chi connectivity index (χ0v) is 17.3. The first-order valence-electron chi connectivity index (χ1n) is 8.68. The van der Waals surface area contributed by atoms with Crippen LogP contribution >= 0.6 is 23.5 Å². The van der Waals surface area contributed by atoms with Crippen LogP contribution < -0.4 is 0 Å². The van der Waals surface area contributed by atoms with Gasteiger partial charge in [0.2, 0.25) is 0 Å². The minimum Gasteiger partial charge on any atom is -0.465 e. The highest BCUT2D eigenvalue weighted by molar-refractivity contribution is 8.01. The first-order chi connectivity index (χ1) is 12.5. The largest absolute Gasteiger partial charge is 0.465 e. The molecule has 1 aliphatic heterocycles. The highest BCUT2D eigenvalue weighted by Crippen LogP contribution is 2.20. The standard InChI is InChI=1S/C19H29NO4S2/c1-4-23-19(22)10-20(7-5-6-16(2)11-21)8-9-24-18-14-25-12-17(3)13-26-15-18/h5-7,11,18H,3-4,8-10,12-15H2,1-2H3/b7-5+,16-6+. The molecule has 0 aromatic carbocycles. The van der Waals surface area contributed by atoms with Crippen LogP contribution in [0.25, 0.3) is 0 Å². The van der Waals surface area contributed by atoms with Gasteiger partial charge < -0.3 is 14.4 Å². The van der Waals surface area contributed by atoms with E-state index >= 15 is 0 Å². The predicted octanol–water partition coefficient (Wildman–Crippen LogP) is 2.93. The van der Waals surface area contributed by atoms with Gasteiger partial charge in [-0.15, -0.1) is 0 Å². The molecule has 26 heavy (non-hydrogen) atoms. The summed E-state index contributed by atoms with van der Waals surface area (Å²) in [5, 5.41) is 0. The van der Waals surface area contributed by atoms with Crippen LogP contribution in [0.5, 0.6) is 0 Å². The van der Waals surface area contributed by atoms with Gasteiger partial charge in [0, 0.05) is 29.6 Å². The Labute approximate surface area is 165 Å². The molecule has 0 saturated carbocycles. The number of allylic oxidation sites excluding steroid dienone is 3. The Hall–Kier alpha value is -1.18. The Balaban J connectivity index is 2.48. The maximum Gasteiger partial charge on any atom is 0.325 e. The van der Waals surface area contributed by atoms with Crippen LogP contribution in [0.4, 0.5) is 0 Å². The molecule has 0 aromatic heterocycles. The van der Waals surface area contributed by atoms with Gasteiger partial charge in [-0.2, -0.15) is 23.5 Å². The van der Waals surface area contributed by atoms with Gasteiger partial charge in [0.25, 0.3) is 0 Å². The minimum atomic E-state index is -0.274. The SMILES string of the molecule is C=C1CSCC(OCCN(/C=C/C=C(\C)C=O)CC(=O)OCC)CSC1. The van der Waals surface area contributed by atoms with Gasteiger partial charge in [-0.3, -0.25) is 9.59 Å². The second-order valence-electron chi connectivity index (χ2n) is 5.92. The van der Waals surface area contributed by atoms with Gasteiger partial charge in [-0.05, 0) is 31.7 Å². The summed E-state index contributed by atoms with van der Waals surface area (Å²) in [4.78, 5) is 24.2. The molecule has 1 saturated heterocycles. The molecular weight excluding hydrogens is 370 g/mol. The number of aldehydes is 1. The van der Waals surface area contributed by atoms with Crippen molar-refractivity contribution < 1.29 is 19.1 Å². The summed E-state index contributed by atoms with van der Waals surface area (Å²) in [5.74, 6) is 3.63. The number of esters is 1. The van der Waals surface area contributed by atoms with Crippen LogP contribution in [0.15, 0.2) is 36.1 Å². The van der Waals surface area contributed by atoms with Gasteiger partial charge in [0.15, 0.2) is 0 Å². The lowest BCUT2D eigenvalue weighted by Crippen LogP contribution is -2.32. The van der Waals surface area contributed by atoms with E-state index < -0.39 is 0 Å². The lowest BCUT2D eigenvalue weighted by atomic mass is 10.3. The van der Waals surface area contributed by atoms with Crippen molar-refractivity contribution in [2.24, 2.45) is 0 Å². The topological polar surface area (TPSA) is 55.8 Å². The molecule has 1 aliphatic rings. The average Bonchev–Trinajstić information content (AvgIpc) is 2.59. The van der Waals surface area contributed by atoms with E-state index in [2.05, 4.69) is 6.58 Å². The number of hydrogen-bond acceptors (Lipinski definition) is 7. The molecule has 0 radical (unpaired) electrons. The molecular formula is C19H29NO4S2. The molecule has 0 N–H and O–H groups in total. The molecule has 0 aromatic rings. The minimum absolute atomic E-state index is 0.162. The molecule has 1 fully saturated rings. The van der Waals surface area contributed by atoms with Crippen molar-refractivity contribution in [3.63, 3.8) is 0 Å². The molecule has 0 spiro atoms. The number of rotatable bonds is 10. The fraction of sp³-hybridized carbons (Fsp3) is 0.579. The molecule has 146 valence electrons. The van der Waals surface area contributed by atoms with E-state index in [4.69, 9.17) is 9.47 Å². The van der Waals surface area contributed by atoms with Gasteiger partial charge in [-0.1, -0.05) is 18.2 Å². The predicted molar refractivity (Wildman–Crippen MR) is 111 cm³/mol. The number of carbonyl (C=O) groups excluding carboxylic acids is 2. The Morgan fingerprint density at radius 3 is 2.65 bits per heavy atom. The normalized spacial score (nSPS) is 17.0. The molecule has 0 bridgehead atoms. The zero-order chi connectivity index (χ0) is 19.2. The van der Waals surface area contributed by atoms with Crippen molar-refractivity contribution >= 4 is 35.8 Å². The Morgan fingerprint density at radius 1 is 1.35 bits per heavy atom. The molecule has 1 rings (SSSR count). The third-order valence-corrected chi connectivity index (χ3v) is 5.87. The summed E-state index contributed by atoms with van der Waals surface area (Å²) < 4.78 is 11.0. The van der Waals surface area contributed by atoms with E-state index in [1.165, 1.54) is 5.57 Å². The molecule has 0 aliphatic carbocycles. The second kappa shape index (κ2) is 13.9. The smallest absolute Gasteiger partial charge is 0.325 e. The fourth-order valence-corrected chi connectivity index (χ4v) is 4.38. The van der Waals surface area contributed by atoms with Crippen LogP contribution in [0.2, 0.25) is 0 Å². The van der Waals surface area contributed by atoms with Crippen molar-refractivity contribution in [2.45, 2.75) is 20.0 Å². The van der Waals surface area contributed by atoms with Gasteiger partial charge >= 0.3 is 5.97 Å². The summed E-state index contributed by atoms with van der Waals surface area (Å²) in [6, 6.07) is 0. The number of nitrogens with zero attached hydrogens (tertiary/aromatic N) is 1. The number of hydrogen-bond donors (Lipinski definition) is 0. The first kappa shape index (κ1) is 22.9. The Morgan fingerprint density at radius 2 is 2.04 bits per heavy atom. The van der Waals surface area contributed by atoms with Crippen LogP contribution in [0.3, 0.4) is 0 Å². The summed E-state index contributed by atoms with van der Waals surface area (Å²) in [6.45, 7) is 9.21. The highest BCUT2D eigenvalue weighted by Gasteiger charge is 2.14. The van der Waals surface area contributed by atoms with Crippen LogP contribution in [0, 0.1) is 0 Å². The summed E-state index contributed by atoms with van der Waals surface area (Å²) in [6.07, 6.45) is 6.27. The zero-order valence-electron chi connectivity index (χ0n) is 15.6. The van der Waals surface area contributed by atoms with E-state index in [9.17, 15) is 9.59 Å². The van der Waals surface area contributed by atoms with Crippen molar-refractivity contribution in [3.8, 4) is 0 Å². The number of carbonyl (C=O) groups is 2. The molecule has 1 heterocycles. The molecule has 0 atom stereocenters. The van der Waals surface area contributed by atoms with Crippen LogP contribution in [0.1, 0.15) is 13.8 Å². The highest BCUT2D eigenvalue weighted by atomic mass is 32.2. The number of thioether (sulfide) groups is 2. The summed E-state index contributed by atoms with van der Waals surface area (Å²) in [5.41, 5.74) is 1.90. The lowest BCUT2D eigenvalue weighted by Gasteiger charge is -2.23. The molecule has 0 unspecified atom stereocenters.